The van der Waals surface area contributed by atoms with Crippen molar-refractivity contribution < 1.29 is 14.3 Å². The lowest BCUT2D eigenvalue weighted by molar-refractivity contribution is -0.138. The number of para-hydroxylation sites is 2. The lowest BCUT2D eigenvalue weighted by Crippen LogP contribution is -2.52. The predicted octanol–water partition coefficient (Wildman–Crippen LogP) is 4.48. The maximum Gasteiger partial charge on any atom is 0.263 e. The Bertz CT molecular complexity index is 997. The smallest absolute Gasteiger partial charge is 0.263 e. The van der Waals surface area contributed by atoms with Crippen LogP contribution in [-0.2, 0) is 4.79 Å². The van der Waals surface area contributed by atoms with Crippen molar-refractivity contribution in [2.45, 2.75) is 13.0 Å². The molecule has 31 heavy (non-hydrogen) atoms. The number of nitrogens with zero attached hydrogens (tertiary/aromatic N) is 2. The molecular weight excluding hydrogens is 388 g/mol. The first-order valence-electron chi connectivity index (χ1n) is 10.6. The molecule has 160 valence electrons. The molecule has 0 aromatic heterocycles. The monoisotopic (exact) mass is 416 g/mol. The Morgan fingerprint density at radius 3 is 2.10 bits per heavy atom. The van der Waals surface area contributed by atoms with Gasteiger partial charge in [0, 0.05) is 26.2 Å². The average molecular weight is 417 g/mol. The summed E-state index contributed by atoms with van der Waals surface area (Å²) in [5.74, 6) is 1.58. The Kier molecular flexibility index (Phi) is 6.41. The van der Waals surface area contributed by atoms with Crippen molar-refractivity contribution in [3.05, 3.63) is 78.9 Å². The fourth-order valence-electron chi connectivity index (χ4n) is 3.93. The number of methoxy groups -OCH3 is 1. The summed E-state index contributed by atoms with van der Waals surface area (Å²) in [6, 6.07) is 26.1. The van der Waals surface area contributed by atoms with Gasteiger partial charge in [-0.1, -0.05) is 54.6 Å². The van der Waals surface area contributed by atoms with Gasteiger partial charge < -0.3 is 19.3 Å². The molecule has 3 aromatic rings. The van der Waals surface area contributed by atoms with Gasteiger partial charge in [-0.3, -0.25) is 4.79 Å². The third kappa shape index (κ3) is 4.82. The van der Waals surface area contributed by atoms with Gasteiger partial charge in [-0.25, -0.2) is 0 Å². The molecule has 0 N–H and O–H groups in total. The summed E-state index contributed by atoms with van der Waals surface area (Å²) < 4.78 is 11.4. The lowest BCUT2D eigenvalue weighted by atomic mass is 10.1. The van der Waals surface area contributed by atoms with E-state index in [9.17, 15) is 4.79 Å². The molecule has 1 heterocycles. The van der Waals surface area contributed by atoms with Crippen molar-refractivity contribution in [2.75, 3.05) is 38.2 Å². The van der Waals surface area contributed by atoms with E-state index in [1.807, 2.05) is 72.5 Å². The molecule has 0 saturated carbocycles. The van der Waals surface area contributed by atoms with Crippen molar-refractivity contribution in [1.29, 1.82) is 0 Å². The Hall–Kier alpha value is -3.47. The van der Waals surface area contributed by atoms with Crippen LogP contribution in [0.1, 0.15) is 6.92 Å². The van der Waals surface area contributed by atoms with E-state index in [1.165, 1.54) is 0 Å². The van der Waals surface area contributed by atoms with Crippen LogP contribution in [0.15, 0.2) is 78.9 Å². The minimum absolute atomic E-state index is 0.0202. The van der Waals surface area contributed by atoms with E-state index in [0.717, 1.165) is 35.7 Å². The number of rotatable bonds is 6. The lowest BCUT2D eigenvalue weighted by Gasteiger charge is -2.37. The van der Waals surface area contributed by atoms with E-state index < -0.39 is 6.10 Å². The number of carbonyl (C=O) groups is 1. The van der Waals surface area contributed by atoms with Crippen molar-refractivity contribution >= 4 is 11.6 Å². The van der Waals surface area contributed by atoms with Gasteiger partial charge in [-0.15, -0.1) is 0 Å². The zero-order chi connectivity index (χ0) is 21.6. The van der Waals surface area contributed by atoms with Crippen LogP contribution in [0.4, 0.5) is 5.69 Å². The topological polar surface area (TPSA) is 42.0 Å². The number of hydrogen-bond donors (Lipinski definition) is 0. The first-order valence-corrected chi connectivity index (χ1v) is 10.6. The Morgan fingerprint density at radius 1 is 0.806 bits per heavy atom. The van der Waals surface area contributed by atoms with E-state index >= 15 is 0 Å². The Labute approximate surface area is 183 Å². The quantitative estimate of drug-likeness (QED) is 0.594. The van der Waals surface area contributed by atoms with Gasteiger partial charge in [0.25, 0.3) is 5.91 Å². The van der Waals surface area contributed by atoms with E-state index in [0.29, 0.717) is 18.8 Å². The van der Waals surface area contributed by atoms with Gasteiger partial charge in [0.1, 0.15) is 11.5 Å². The highest BCUT2D eigenvalue weighted by Gasteiger charge is 2.27. The van der Waals surface area contributed by atoms with Crippen molar-refractivity contribution in [3.8, 4) is 22.6 Å². The fraction of sp³-hybridized carbons (Fsp3) is 0.269. The minimum Gasteiger partial charge on any atom is -0.495 e. The first-order chi connectivity index (χ1) is 15.2. The number of carbonyl (C=O) groups excluding carboxylic acids is 1. The second-order valence-corrected chi connectivity index (χ2v) is 7.63. The van der Waals surface area contributed by atoms with E-state index in [-0.39, 0.29) is 5.91 Å². The number of ether oxygens (including phenoxy) is 2. The highest BCUT2D eigenvalue weighted by Crippen LogP contribution is 2.28. The van der Waals surface area contributed by atoms with Gasteiger partial charge in [-0.2, -0.15) is 0 Å². The fourth-order valence-corrected chi connectivity index (χ4v) is 3.93. The van der Waals surface area contributed by atoms with E-state index in [2.05, 4.69) is 23.1 Å². The number of hydrogen-bond acceptors (Lipinski definition) is 4. The summed E-state index contributed by atoms with van der Waals surface area (Å²) in [5, 5.41) is 0. The summed E-state index contributed by atoms with van der Waals surface area (Å²) >= 11 is 0. The summed E-state index contributed by atoms with van der Waals surface area (Å²) in [6.07, 6.45) is -0.527. The van der Waals surface area contributed by atoms with Crippen molar-refractivity contribution in [1.82, 2.24) is 4.90 Å². The summed E-state index contributed by atoms with van der Waals surface area (Å²) in [6.45, 7) is 4.68. The molecule has 0 radical (unpaired) electrons. The SMILES string of the molecule is COc1ccccc1N1CCN(C(=O)C(C)Oc2ccc(-c3ccccc3)cc2)CC1. The van der Waals surface area contributed by atoms with E-state index in [1.54, 1.807) is 7.11 Å². The molecule has 1 fully saturated rings. The second kappa shape index (κ2) is 9.56. The third-order valence-electron chi connectivity index (χ3n) is 5.64. The molecule has 1 unspecified atom stereocenters. The standard InChI is InChI=1S/C26H28N2O3/c1-20(31-23-14-12-22(13-15-23)21-8-4-3-5-9-21)26(29)28-18-16-27(17-19-28)24-10-6-7-11-25(24)30-2/h3-15,20H,16-19H2,1-2H3. The van der Waals surface area contributed by atoms with E-state index in [4.69, 9.17) is 9.47 Å². The van der Waals surface area contributed by atoms with Crippen molar-refractivity contribution in [3.63, 3.8) is 0 Å². The first kappa shape index (κ1) is 20.8. The maximum atomic E-state index is 12.9. The van der Waals surface area contributed by atoms with Crippen LogP contribution in [0.3, 0.4) is 0 Å². The molecule has 0 spiro atoms. The molecule has 1 atom stereocenters. The zero-order valence-electron chi connectivity index (χ0n) is 18.0. The number of piperazine rings is 1. The van der Waals surface area contributed by atoms with Gasteiger partial charge in [0.2, 0.25) is 0 Å². The minimum atomic E-state index is -0.527. The predicted molar refractivity (Wildman–Crippen MR) is 124 cm³/mol. The van der Waals surface area contributed by atoms with Crippen LogP contribution < -0.4 is 14.4 Å². The van der Waals surface area contributed by atoms with Gasteiger partial charge in [0.05, 0.1) is 12.8 Å². The third-order valence-corrected chi connectivity index (χ3v) is 5.64. The summed E-state index contributed by atoms with van der Waals surface area (Å²) in [5.41, 5.74) is 3.35. The zero-order valence-corrected chi connectivity index (χ0v) is 18.0. The van der Waals surface area contributed by atoms with Gasteiger partial charge >= 0.3 is 0 Å². The largest absolute Gasteiger partial charge is 0.495 e. The molecule has 5 nitrogen and oxygen atoms in total. The molecule has 5 heteroatoms. The highest BCUT2D eigenvalue weighted by molar-refractivity contribution is 5.81. The molecule has 1 saturated heterocycles. The average Bonchev–Trinajstić information content (AvgIpc) is 2.84. The molecule has 0 bridgehead atoms. The molecule has 1 aliphatic rings. The van der Waals surface area contributed by atoms with Gasteiger partial charge in [0.15, 0.2) is 6.10 Å². The molecule has 1 aliphatic heterocycles. The second-order valence-electron chi connectivity index (χ2n) is 7.63. The Balaban J connectivity index is 1.33. The Morgan fingerprint density at radius 2 is 1.42 bits per heavy atom. The normalized spacial score (nSPS) is 14.8. The molecule has 3 aromatic carbocycles. The number of benzene rings is 3. The molecule has 0 aliphatic carbocycles. The molecular formula is C26H28N2O3. The van der Waals surface area contributed by atoms with Gasteiger partial charge in [-0.05, 0) is 42.3 Å². The van der Waals surface area contributed by atoms with Crippen LogP contribution in [-0.4, -0.2) is 50.2 Å². The highest BCUT2D eigenvalue weighted by atomic mass is 16.5. The maximum absolute atomic E-state index is 12.9. The van der Waals surface area contributed by atoms with Crippen LogP contribution in [0, 0.1) is 0 Å². The van der Waals surface area contributed by atoms with Crippen LogP contribution in [0.5, 0.6) is 11.5 Å². The summed E-state index contributed by atoms with van der Waals surface area (Å²) in [4.78, 5) is 17.1. The van der Waals surface area contributed by atoms with Crippen LogP contribution >= 0.6 is 0 Å². The molecule has 4 rings (SSSR count). The van der Waals surface area contributed by atoms with Crippen LogP contribution in [0.25, 0.3) is 11.1 Å². The number of amides is 1. The molecule has 1 amide bonds. The van der Waals surface area contributed by atoms with Crippen molar-refractivity contribution in [2.24, 2.45) is 0 Å². The summed E-state index contributed by atoms with van der Waals surface area (Å²) in [7, 11) is 1.68. The van der Waals surface area contributed by atoms with Crippen LogP contribution in [0.2, 0.25) is 0 Å². The number of anilines is 1.